The zero-order valence-electron chi connectivity index (χ0n) is 24.1. The summed E-state index contributed by atoms with van der Waals surface area (Å²) < 4.78 is 14.9. The Balaban J connectivity index is 1.35. The highest BCUT2D eigenvalue weighted by Crippen LogP contribution is 2.42. The molecule has 1 aromatic heterocycles. The van der Waals surface area contributed by atoms with E-state index in [9.17, 15) is 14.9 Å². The number of benzene rings is 4. The highest BCUT2D eigenvalue weighted by Gasteiger charge is 2.33. The maximum atomic E-state index is 14.2. The number of aryl methyl sites for hydroxylation is 1. The third-order valence-corrected chi connectivity index (χ3v) is 9.83. The number of hydrogen-bond acceptors (Lipinski definition) is 7. The van der Waals surface area contributed by atoms with Crippen LogP contribution < -0.4 is 24.4 Å². The van der Waals surface area contributed by atoms with Gasteiger partial charge in [0.15, 0.2) is 16.3 Å². The molecule has 1 atom stereocenters. The van der Waals surface area contributed by atoms with E-state index in [0.717, 1.165) is 38.0 Å². The van der Waals surface area contributed by atoms with Crippen molar-refractivity contribution in [3.8, 4) is 11.5 Å². The van der Waals surface area contributed by atoms with Gasteiger partial charge in [-0.15, -0.1) is 0 Å². The predicted octanol–water partition coefficient (Wildman–Crippen LogP) is 6.42. The number of thiazole rings is 1. The minimum Gasteiger partial charge on any atom is -0.493 e. The highest BCUT2D eigenvalue weighted by molar-refractivity contribution is 14.1. The van der Waals surface area contributed by atoms with E-state index in [2.05, 4.69) is 34.7 Å². The summed E-state index contributed by atoms with van der Waals surface area (Å²) in [5.41, 5.74) is 6.39. The molecule has 224 valence electrons. The van der Waals surface area contributed by atoms with Crippen molar-refractivity contribution in [3.63, 3.8) is 0 Å². The number of halogens is 1. The lowest BCUT2D eigenvalue weighted by molar-refractivity contribution is -0.384. The van der Waals surface area contributed by atoms with E-state index in [-0.39, 0.29) is 11.2 Å². The van der Waals surface area contributed by atoms with E-state index in [1.807, 2.05) is 66.7 Å². The predicted molar refractivity (Wildman–Crippen MR) is 182 cm³/mol. The van der Waals surface area contributed by atoms with Crippen LogP contribution in [-0.4, -0.2) is 16.6 Å². The summed E-state index contributed by atoms with van der Waals surface area (Å²) in [6.45, 7) is 0.399. The van der Waals surface area contributed by atoms with Crippen LogP contribution in [0.3, 0.4) is 0 Å². The lowest BCUT2D eigenvalue weighted by atomic mass is 9.83. The average Bonchev–Trinajstić information content (AvgIpc) is 3.37. The van der Waals surface area contributed by atoms with Crippen molar-refractivity contribution < 1.29 is 14.4 Å². The lowest BCUT2D eigenvalue weighted by Crippen LogP contribution is -2.38. The highest BCUT2D eigenvalue weighted by atomic mass is 127. The van der Waals surface area contributed by atoms with Crippen molar-refractivity contribution in [1.82, 2.24) is 4.57 Å². The van der Waals surface area contributed by atoms with E-state index < -0.39 is 11.0 Å². The van der Waals surface area contributed by atoms with Crippen LogP contribution in [0.2, 0.25) is 0 Å². The van der Waals surface area contributed by atoms with Gasteiger partial charge in [-0.3, -0.25) is 19.5 Å². The Hall–Kier alpha value is -4.55. The molecule has 7 rings (SSSR count). The van der Waals surface area contributed by atoms with Gasteiger partial charge in [0, 0.05) is 17.7 Å². The number of nitro groups is 1. The molecule has 4 aromatic carbocycles. The number of rotatable bonds is 7. The van der Waals surface area contributed by atoms with Crippen LogP contribution in [0.15, 0.2) is 106 Å². The van der Waals surface area contributed by atoms with E-state index in [4.69, 9.17) is 14.5 Å². The fourth-order valence-corrected chi connectivity index (χ4v) is 7.76. The maximum absolute atomic E-state index is 14.2. The Labute approximate surface area is 275 Å². The number of methoxy groups -OCH3 is 1. The molecule has 1 aliphatic heterocycles. The number of ether oxygens (including phenoxy) is 2. The normalized spacial score (nSPS) is 15.5. The molecule has 0 spiro atoms. The van der Waals surface area contributed by atoms with Gasteiger partial charge in [-0.25, -0.2) is 4.99 Å². The fourth-order valence-electron chi connectivity index (χ4n) is 5.98. The van der Waals surface area contributed by atoms with Crippen molar-refractivity contribution in [2.24, 2.45) is 4.99 Å². The molecular formula is C35H26IN3O5S. The van der Waals surface area contributed by atoms with Crippen molar-refractivity contribution in [2.75, 3.05) is 7.11 Å². The molecule has 1 unspecified atom stereocenters. The van der Waals surface area contributed by atoms with Crippen LogP contribution in [0, 0.1) is 13.7 Å². The fraction of sp³-hybridized carbons (Fsp3) is 0.143. The number of nitrogens with zero attached hydrogens (tertiary/aromatic N) is 3. The Morgan fingerprint density at radius 1 is 1.04 bits per heavy atom. The van der Waals surface area contributed by atoms with Gasteiger partial charge >= 0.3 is 0 Å². The van der Waals surface area contributed by atoms with Gasteiger partial charge in [0.25, 0.3) is 11.2 Å². The summed E-state index contributed by atoms with van der Waals surface area (Å²) >= 11 is 3.54. The van der Waals surface area contributed by atoms with Crippen molar-refractivity contribution in [1.29, 1.82) is 0 Å². The quantitative estimate of drug-likeness (QED) is 0.110. The number of aromatic nitrogens is 1. The number of non-ortho nitro benzene ring substituents is 1. The van der Waals surface area contributed by atoms with Crippen LogP contribution in [0.5, 0.6) is 11.5 Å². The Morgan fingerprint density at radius 2 is 1.84 bits per heavy atom. The maximum Gasteiger partial charge on any atom is 0.271 e. The molecule has 0 N–H and O–H groups in total. The number of fused-ring (bicyclic) bond motifs is 3. The van der Waals surface area contributed by atoms with Crippen molar-refractivity contribution in [3.05, 3.63) is 158 Å². The summed E-state index contributed by atoms with van der Waals surface area (Å²) in [7, 11) is 1.60. The lowest BCUT2D eigenvalue weighted by Gasteiger charge is -2.30. The molecule has 0 radical (unpaired) electrons. The van der Waals surface area contributed by atoms with Crippen molar-refractivity contribution >= 4 is 51.4 Å². The van der Waals surface area contributed by atoms with E-state index in [1.165, 1.54) is 23.0 Å². The minimum atomic E-state index is -0.505. The Kier molecular flexibility index (Phi) is 7.84. The van der Waals surface area contributed by atoms with E-state index in [0.29, 0.717) is 39.4 Å². The van der Waals surface area contributed by atoms with Crippen LogP contribution in [-0.2, 0) is 13.0 Å². The molecule has 2 aliphatic rings. The van der Waals surface area contributed by atoms with Gasteiger partial charge in [-0.1, -0.05) is 78.1 Å². The van der Waals surface area contributed by atoms with E-state index in [1.54, 1.807) is 23.8 Å². The summed E-state index contributed by atoms with van der Waals surface area (Å²) in [4.78, 5) is 31.1. The second-order valence-corrected chi connectivity index (χ2v) is 12.9. The molecule has 10 heteroatoms. The van der Waals surface area contributed by atoms with Crippen LogP contribution in [0.25, 0.3) is 11.8 Å². The molecule has 45 heavy (non-hydrogen) atoms. The standard InChI is InChI=1S/C35H26IN3O5S/c1-43-29-17-22(16-28(36)33(29)44-20-21-8-3-2-4-9-21)18-30-34(40)38-32(24-11-7-12-25(19-24)39(41)42)27-15-14-23-10-5-6-13-26(23)31(27)37-35(38)45-30/h2-13,16-19,32H,14-15,20H2,1H3. The molecule has 2 heterocycles. The molecular weight excluding hydrogens is 701 g/mol. The zero-order valence-corrected chi connectivity index (χ0v) is 27.1. The smallest absolute Gasteiger partial charge is 0.271 e. The third-order valence-electron chi connectivity index (χ3n) is 8.05. The Morgan fingerprint density at radius 3 is 2.64 bits per heavy atom. The first-order valence-electron chi connectivity index (χ1n) is 14.3. The Bertz CT molecular complexity index is 2190. The first-order chi connectivity index (χ1) is 21.9. The van der Waals surface area contributed by atoms with Gasteiger partial charge in [0.05, 0.1) is 31.9 Å². The monoisotopic (exact) mass is 727 g/mol. The van der Waals surface area contributed by atoms with Gasteiger partial charge < -0.3 is 9.47 Å². The van der Waals surface area contributed by atoms with Gasteiger partial charge in [0.2, 0.25) is 0 Å². The largest absolute Gasteiger partial charge is 0.493 e. The zero-order chi connectivity index (χ0) is 31.1. The number of allylic oxidation sites excluding steroid dienone is 1. The molecule has 0 bridgehead atoms. The first-order valence-corrected chi connectivity index (χ1v) is 16.2. The molecule has 0 fully saturated rings. The third kappa shape index (κ3) is 5.48. The molecule has 0 amide bonds. The molecule has 5 aromatic rings. The average molecular weight is 728 g/mol. The van der Waals surface area contributed by atoms with Crippen LogP contribution >= 0.6 is 33.9 Å². The van der Waals surface area contributed by atoms with Gasteiger partial charge in [-0.05, 0) is 81.5 Å². The summed E-state index contributed by atoms with van der Waals surface area (Å²) in [5.74, 6) is 1.20. The van der Waals surface area contributed by atoms with Crippen molar-refractivity contribution in [2.45, 2.75) is 25.5 Å². The topological polar surface area (TPSA) is 96.0 Å². The molecule has 1 aliphatic carbocycles. The minimum absolute atomic E-state index is 0.0128. The number of hydrogen-bond donors (Lipinski definition) is 0. The molecule has 0 saturated carbocycles. The van der Waals surface area contributed by atoms with Crippen LogP contribution in [0.4, 0.5) is 5.69 Å². The number of nitro benzene ring substituents is 1. The molecule has 0 saturated heterocycles. The van der Waals surface area contributed by atoms with Gasteiger partial charge in [-0.2, -0.15) is 0 Å². The SMILES string of the molecule is COc1cc(C=c2sc3n(c2=O)C(c2cccc([N+](=O)[O-])c2)C2=C(N=3)c3ccccc3CC2)cc(I)c1OCc1ccccc1. The first kappa shape index (κ1) is 29.2. The molecule has 8 nitrogen and oxygen atoms in total. The van der Waals surface area contributed by atoms with E-state index >= 15 is 0 Å². The summed E-state index contributed by atoms with van der Waals surface area (Å²) in [6.07, 6.45) is 3.35. The van der Waals surface area contributed by atoms with Gasteiger partial charge in [0.1, 0.15) is 6.61 Å². The summed E-state index contributed by atoms with van der Waals surface area (Å²) in [6, 6.07) is 28.0. The summed E-state index contributed by atoms with van der Waals surface area (Å²) in [5, 5.41) is 11.7. The second-order valence-electron chi connectivity index (χ2n) is 10.8. The second kappa shape index (κ2) is 12.1. The van der Waals surface area contributed by atoms with Crippen LogP contribution in [0.1, 0.15) is 40.3 Å².